The Kier molecular flexibility index (Phi) is 6.33. The summed E-state index contributed by atoms with van der Waals surface area (Å²) in [5, 5.41) is 3.01. The molecule has 6 heteroatoms. The van der Waals surface area contributed by atoms with Crippen LogP contribution in [0, 0.1) is 0 Å². The average Bonchev–Trinajstić information content (AvgIpc) is 2.62. The average molecular weight is 360 g/mol. The van der Waals surface area contributed by atoms with Gasteiger partial charge in [0.1, 0.15) is 0 Å². The van der Waals surface area contributed by atoms with E-state index in [1.165, 1.54) is 26.2 Å². The molecule has 2 aromatic rings. The number of benzene rings is 2. The Morgan fingerprint density at radius 2 is 1.76 bits per heavy atom. The molecule has 0 aliphatic heterocycles. The first-order chi connectivity index (χ1) is 11.9. The molecule has 0 heterocycles. The molecule has 2 rings (SSSR count). The third kappa shape index (κ3) is 4.67. The van der Waals surface area contributed by atoms with Crippen molar-refractivity contribution in [2.75, 3.05) is 14.1 Å². The van der Waals surface area contributed by atoms with Crippen molar-refractivity contribution in [2.24, 2.45) is 0 Å². The second-order valence-electron chi connectivity index (χ2n) is 6.04. The van der Waals surface area contributed by atoms with Crippen LogP contribution in [0.5, 0.6) is 0 Å². The fourth-order valence-corrected chi connectivity index (χ4v) is 3.49. The van der Waals surface area contributed by atoms with Crippen LogP contribution < -0.4 is 5.32 Å². The molecular formula is C19H24N2O3S. The van der Waals surface area contributed by atoms with Gasteiger partial charge in [-0.3, -0.25) is 4.79 Å². The Balaban J connectivity index is 2.25. The Morgan fingerprint density at radius 1 is 1.08 bits per heavy atom. The summed E-state index contributed by atoms with van der Waals surface area (Å²) in [5.41, 5.74) is 1.37. The maximum absolute atomic E-state index is 12.6. The van der Waals surface area contributed by atoms with Gasteiger partial charge in [-0.05, 0) is 30.2 Å². The van der Waals surface area contributed by atoms with Crippen molar-refractivity contribution in [1.82, 2.24) is 9.62 Å². The van der Waals surface area contributed by atoms with Crippen molar-refractivity contribution >= 4 is 15.9 Å². The van der Waals surface area contributed by atoms with Crippen LogP contribution in [0.25, 0.3) is 0 Å². The van der Waals surface area contributed by atoms with Gasteiger partial charge in [-0.1, -0.05) is 49.7 Å². The first-order valence-electron chi connectivity index (χ1n) is 8.24. The Labute approximate surface area is 149 Å². The molecule has 0 aliphatic carbocycles. The van der Waals surface area contributed by atoms with Crippen molar-refractivity contribution in [3.05, 3.63) is 65.7 Å². The smallest absolute Gasteiger partial charge is 0.251 e. The van der Waals surface area contributed by atoms with Gasteiger partial charge in [0, 0.05) is 19.7 Å². The van der Waals surface area contributed by atoms with Crippen LogP contribution in [-0.4, -0.2) is 32.7 Å². The largest absolute Gasteiger partial charge is 0.345 e. The predicted molar refractivity (Wildman–Crippen MR) is 98.9 cm³/mol. The van der Waals surface area contributed by atoms with Crippen LogP contribution in [0.2, 0.25) is 0 Å². The lowest BCUT2D eigenvalue weighted by molar-refractivity contribution is 0.0934. The molecule has 0 fully saturated rings. The van der Waals surface area contributed by atoms with Crippen LogP contribution in [0.1, 0.15) is 41.7 Å². The number of hydrogen-bond donors (Lipinski definition) is 1. The number of nitrogens with one attached hydrogen (secondary N) is 1. The van der Waals surface area contributed by atoms with Gasteiger partial charge < -0.3 is 5.32 Å². The van der Waals surface area contributed by atoms with Crippen LogP contribution in [-0.2, 0) is 10.0 Å². The molecule has 25 heavy (non-hydrogen) atoms. The van der Waals surface area contributed by atoms with Gasteiger partial charge in [0.25, 0.3) is 5.91 Å². The molecule has 0 radical (unpaired) electrons. The molecular weight excluding hydrogens is 336 g/mol. The van der Waals surface area contributed by atoms with Crippen LogP contribution in [0.15, 0.2) is 59.5 Å². The van der Waals surface area contributed by atoms with Gasteiger partial charge in [-0.15, -0.1) is 0 Å². The Morgan fingerprint density at radius 3 is 2.36 bits per heavy atom. The van der Waals surface area contributed by atoms with E-state index >= 15 is 0 Å². The fraction of sp³-hybridized carbons (Fsp3) is 0.316. The number of amides is 1. The SMILES string of the molecule is CCCC(NC(=O)c1cccc(S(=O)(=O)N(C)C)c1)c1ccccc1. The summed E-state index contributed by atoms with van der Waals surface area (Å²) in [6, 6.07) is 15.8. The highest BCUT2D eigenvalue weighted by atomic mass is 32.2. The predicted octanol–water partition coefficient (Wildman–Crippen LogP) is 3.21. The van der Waals surface area contributed by atoms with E-state index in [0.717, 1.165) is 22.7 Å². The third-order valence-electron chi connectivity index (χ3n) is 3.96. The monoisotopic (exact) mass is 360 g/mol. The highest BCUT2D eigenvalue weighted by Gasteiger charge is 2.20. The van der Waals surface area contributed by atoms with Crippen molar-refractivity contribution < 1.29 is 13.2 Å². The summed E-state index contributed by atoms with van der Waals surface area (Å²) in [6.07, 6.45) is 1.74. The molecule has 0 bridgehead atoms. The zero-order valence-corrected chi connectivity index (χ0v) is 15.6. The van der Waals surface area contributed by atoms with Crippen LogP contribution in [0.3, 0.4) is 0 Å². The van der Waals surface area contributed by atoms with Crippen molar-refractivity contribution in [2.45, 2.75) is 30.7 Å². The van der Waals surface area contributed by atoms with Crippen molar-refractivity contribution in [1.29, 1.82) is 0 Å². The molecule has 1 amide bonds. The zero-order chi connectivity index (χ0) is 18.4. The summed E-state index contributed by atoms with van der Waals surface area (Å²) in [7, 11) is -0.636. The fourth-order valence-electron chi connectivity index (χ4n) is 2.55. The maximum atomic E-state index is 12.6. The van der Waals surface area contributed by atoms with Crippen LogP contribution in [0.4, 0.5) is 0 Å². The summed E-state index contributed by atoms with van der Waals surface area (Å²) in [4.78, 5) is 12.7. The first kappa shape index (κ1) is 19.1. The highest BCUT2D eigenvalue weighted by Crippen LogP contribution is 2.20. The molecule has 5 nitrogen and oxygen atoms in total. The van der Waals surface area contributed by atoms with Gasteiger partial charge in [-0.2, -0.15) is 0 Å². The first-order valence-corrected chi connectivity index (χ1v) is 9.68. The van der Waals surface area contributed by atoms with Crippen LogP contribution >= 0.6 is 0 Å². The minimum atomic E-state index is -3.57. The third-order valence-corrected chi connectivity index (χ3v) is 5.77. The minimum absolute atomic E-state index is 0.104. The zero-order valence-electron chi connectivity index (χ0n) is 14.8. The molecule has 0 aliphatic rings. The minimum Gasteiger partial charge on any atom is -0.345 e. The topological polar surface area (TPSA) is 66.5 Å². The number of carbonyl (C=O) groups is 1. The molecule has 0 spiro atoms. The normalized spacial score (nSPS) is 12.8. The quantitative estimate of drug-likeness (QED) is 0.824. The lowest BCUT2D eigenvalue weighted by Gasteiger charge is -2.19. The summed E-state index contributed by atoms with van der Waals surface area (Å²) < 4.78 is 25.6. The second kappa shape index (κ2) is 8.27. The number of rotatable bonds is 7. The number of sulfonamides is 1. The van der Waals surface area contributed by atoms with Gasteiger partial charge in [-0.25, -0.2) is 12.7 Å². The summed E-state index contributed by atoms with van der Waals surface area (Å²) in [6.45, 7) is 2.06. The second-order valence-corrected chi connectivity index (χ2v) is 8.19. The van der Waals surface area contributed by atoms with E-state index in [2.05, 4.69) is 12.2 Å². The molecule has 0 saturated carbocycles. The van der Waals surface area contributed by atoms with Gasteiger partial charge >= 0.3 is 0 Å². The molecule has 1 N–H and O–H groups in total. The number of nitrogens with zero attached hydrogens (tertiary/aromatic N) is 1. The molecule has 0 saturated heterocycles. The van der Waals surface area contributed by atoms with E-state index in [1.54, 1.807) is 12.1 Å². The van der Waals surface area contributed by atoms with Gasteiger partial charge in [0.05, 0.1) is 10.9 Å². The number of carbonyl (C=O) groups excluding carboxylic acids is 1. The standard InChI is InChI=1S/C19H24N2O3S/c1-4-9-18(15-10-6-5-7-11-15)20-19(22)16-12-8-13-17(14-16)25(23,24)21(2)3/h5-8,10-14,18H,4,9H2,1-3H3,(H,20,22). The molecule has 1 unspecified atom stereocenters. The maximum Gasteiger partial charge on any atom is 0.251 e. The van der Waals surface area contributed by atoms with E-state index in [-0.39, 0.29) is 16.8 Å². The van der Waals surface area contributed by atoms with E-state index < -0.39 is 10.0 Å². The molecule has 134 valence electrons. The molecule has 2 aromatic carbocycles. The number of hydrogen-bond acceptors (Lipinski definition) is 3. The molecule has 1 atom stereocenters. The van der Waals surface area contributed by atoms with Gasteiger partial charge in [0.15, 0.2) is 0 Å². The lowest BCUT2D eigenvalue weighted by atomic mass is 10.0. The summed E-state index contributed by atoms with van der Waals surface area (Å²) >= 11 is 0. The van der Waals surface area contributed by atoms with Gasteiger partial charge in [0.2, 0.25) is 10.0 Å². The van der Waals surface area contributed by atoms with E-state index in [1.807, 2.05) is 30.3 Å². The van der Waals surface area contributed by atoms with E-state index in [4.69, 9.17) is 0 Å². The van der Waals surface area contributed by atoms with Crippen molar-refractivity contribution in [3.63, 3.8) is 0 Å². The summed E-state index contributed by atoms with van der Waals surface area (Å²) in [5.74, 6) is -0.280. The molecule has 0 aromatic heterocycles. The lowest BCUT2D eigenvalue weighted by Crippen LogP contribution is -2.29. The van der Waals surface area contributed by atoms with E-state index in [0.29, 0.717) is 5.56 Å². The Hall–Kier alpha value is -2.18. The Bertz CT molecular complexity index is 818. The van der Waals surface area contributed by atoms with E-state index in [9.17, 15) is 13.2 Å². The highest BCUT2D eigenvalue weighted by molar-refractivity contribution is 7.89. The van der Waals surface area contributed by atoms with Crippen molar-refractivity contribution in [3.8, 4) is 0 Å².